The molecular formula is C28H28ClN3O3. The highest BCUT2D eigenvalue weighted by Gasteiger charge is 2.34. The summed E-state index contributed by atoms with van der Waals surface area (Å²) in [7, 11) is 0. The molecule has 0 aliphatic carbocycles. The zero-order valence-electron chi connectivity index (χ0n) is 19.7. The Bertz CT molecular complexity index is 1320. The number of ether oxygens (including phenoxy) is 2. The number of fused-ring (bicyclic) bond motifs is 1. The fourth-order valence-corrected chi connectivity index (χ4v) is 4.82. The fraction of sp³-hybridized carbons (Fsp3) is 0.286. The SMILES string of the molecule is CCOc1ccc(N2CC(c3nc4ccccc4n3CCCOc3ccccc3Cl)CC2=O)cc1. The van der Waals surface area contributed by atoms with E-state index in [0.717, 1.165) is 41.3 Å². The summed E-state index contributed by atoms with van der Waals surface area (Å²) in [4.78, 5) is 19.8. The van der Waals surface area contributed by atoms with Crippen molar-refractivity contribution in [3.8, 4) is 11.5 Å². The van der Waals surface area contributed by atoms with Crippen molar-refractivity contribution in [1.82, 2.24) is 9.55 Å². The van der Waals surface area contributed by atoms with Crippen molar-refractivity contribution in [3.63, 3.8) is 0 Å². The molecule has 180 valence electrons. The zero-order valence-corrected chi connectivity index (χ0v) is 20.4. The van der Waals surface area contributed by atoms with Crippen LogP contribution in [0.15, 0.2) is 72.8 Å². The van der Waals surface area contributed by atoms with Gasteiger partial charge in [-0.1, -0.05) is 35.9 Å². The lowest BCUT2D eigenvalue weighted by Gasteiger charge is -2.18. The Morgan fingerprint density at radius 3 is 2.57 bits per heavy atom. The van der Waals surface area contributed by atoms with Crippen LogP contribution in [0.2, 0.25) is 5.02 Å². The molecule has 5 rings (SSSR count). The zero-order chi connectivity index (χ0) is 24.2. The summed E-state index contributed by atoms with van der Waals surface area (Å²) < 4.78 is 13.7. The summed E-state index contributed by atoms with van der Waals surface area (Å²) in [5.74, 6) is 2.58. The third-order valence-corrected chi connectivity index (χ3v) is 6.57. The minimum Gasteiger partial charge on any atom is -0.494 e. The Balaban J connectivity index is 1.33. The highest BCUT2D eigenvalue weighted by molar-refractivity contribution is 6.32. The van der Waals surface area contributed by atoms with Gasteiger partial charge in [0.25, 0.3) is 0 Å². The Kier molecular flexibility index (Phi) is 6.91. The number of carbonyl (C=O) groups is 1. The van der Waals surface area contributed by atoms with E-state index in [9.17, 15) is 4.79 Å². The van der Waals surface area contributed by atoms with Crippen LogP contribution in [-0.4, -0.2) is 35.2 Å². The number of amides is 1. The van der Waals surface area contributed by atoms with Crippen molar-refractivity contribution >= 4 is 34.2 Å². The predicted molar refractivity (Wildman–Crippen MR) is 139 cm³/mol. The van der Waals surface area contributed by atoms with Gasteiger partial charge in [0.05, 0.1) is 29.3 Å². The van der Waals surface area contributed by atoms with Gasteiger partial charge in [-0.15, -0.1) is 0 Å². The van der Waals surface area contributed by atoms with Crippen LogP contribution in [0.3, 0.4) is 0 Å². The quantitative estimate of drug-likeness (QED) is 0.267. The number of imidazole rings is 1. The number of hydrogen-bond acceptors (Lipinski definition) is 4. The lowest BCUT2D eigenvalue weighted by molar-refractivity contribution is -0.117. The molecule has 0 spiro atoms. The van der Waals surface area contributed by atoms with Gasteiger partial charge in [0.2, 0.25) is 5.91 Å². The largest absolute Gasteiger partial charge is 0.494 e. The van der Waals surface area contributed by atoms with E-state index < -0.39 is 0 Å². The first-order valence-electron chi connectivity index (χ1n) is 12.0. The minimum atomic E-state index is 0.0194. The van der Waals surface area contributed by atoms with Crippen LogP contribution in [0.25, 0.3) is 11.0 Å². The van der Waals surface area contributed by atoms with Gasteiger partial charge in [-0.25, -0.2) is 4.98 Å². The number of carbonyl (C=O) groups excluding carboxylic acids is 1. The van der Waals surface area contributed by atoms with E-state index >= 15 is 0 Å². The van der Waals surface area contributed by atoms with E-state index in [1.807, 2.05) is 78.6 Å². The number of anilines is 1. The molecule has 2 heterocycles. The number of para-hydroxylation sites is 3. The van der Waals surface area contributed by atoms with Gasteiger partial charge in [0.15, 0.2) is 0 Å². The molecule has 4 aromatic rings. The maximum atomic E-state index is 13.0. The van der Waals surface area contributed by atoms with E-state index in [2.05, 4.69) is 10.6 Å². The van der Waals surface area contributed by atoms with E-state index in [0.29, 0.717) is 37.0 Å². The topological polar surface area (TPSA) is 56.6 Å². The maximum Gasteiger partial charge on any atom is 0.227 e. The number of aryl methyl sites for hydroxylation is 1. The summed E-state index contributed by atoms with van der Waals surface area (Å²) >= 11 is 6.21. The predicted octanol–water partition coefficient (Wildman–Crippen LogP) is 6.08. The third-order valence-electron chi connectivity index (χ3n) is 6.25. The summed E-state index contributed by atoms with van der Waals surface area (Å²) in [5.41, 5.74) is 2.91. The summed E-state index contributed by atoms with van der Waals surface area (Å²) in [6.07, 6.45) is 1.23. The Labute approximate surface area is 210 Å². The second-order valence-electron chi connectivity index (χ2n) is 8.58. The monoisotopic (exact) mass is 489 g/mol. The molecule has 7 heteroatoms. The maximum absolute atomic E-state index is 13.0. The molecule has 0 N–H and O–H groups in total. The number of halogens is 1. The van der Waals surface area contributed by atoms with Crippen molar-refractivity contribution in [3.05, 3.63) is 83.6 Å². The van der Waals surface area contributed by atoms with Gasteiger partial charge in [-0.3, -0.25) is 4.79 Å². The molecule has 0 bridgehead atoms. The van der Waals surface area contributed by atoms with Crippen LogP contribution < -0.4 is 14.4 Å². The van der Waals surface area contributed by atoms with Gasteiger partial charge in [-0.2, -0.15) is 0 Å². The molecule has 3 aromatic carbocycles. The number of nitrogens with zero attached hydrogens (tertiary/aromatic N) is 3. The number of aromatic nitrogens is 2. The average molecular weight is 490 g/mol. The van der Waals surface area contributed by atoms with Crippen LogP contribution in [0.4, 0.5) is 5.69 Å². The van der Waals surface area contributed by atoms with Crippen LogP contribution in [0, 0.1) is 0 Å². The first-order valence-corrected chi connectivity index (χ1v) is 12.4. The van der Waals surface area contributed by atoms with Gasteiger partial charge in [0, 0.05) is 31.1 Å². The Morgan fingerprint density at radius 1 is 1.00 bits per heavy atom. The molecule has 1 atom stereocenters. The Morgan fingerprint density at radius 2 is 1.77 bits per heavy atom. The van der Waals surface area contributed by atoms with Crippen LogP contribution in [0.1, 0.15) is 31.5 Å². The van der Waals surface area contributed by atoms with Gasteiger partial charge >= 0.3 is 0 Å². The number of rotatable bonds is 9. The minimum absolute atomic E-state index is 0.0194. The average Bonchev–Trinajstić information content (AvgIpc) is 3.44. The van der Waals surface area contributed by atoms with Crippen LogP contribution >= 0.6 is 11.6 Å². The van der Waals surface area contributed by atoms with Crippen LogP contribution in [0.5, 0.6) is 11.5 Å². The van der Waals surface area contributed by atoms with Crippen LogP contribution in [-0.2, 0) is 11.3 Å². The third kappa shape index (κ3) is 4.98. The molecule has 1 saturated heterocycles. The molecule has 6 nitrogen and oxygen atoms in total. The van der Waals surface area contributed by atoms with E-state index in [-0.39, 0.29) is 11.8 Å². The second kappa shape index (κ2) is 10.4. The molecular weight excluding hydrogens is 462 g/mol. The van der Waals surface area contributed by atoms with E-state index in [4.69, 9.17) is 26.1 Å². The van der Waals surface area contributed by atoms with E-state index in [1.54, 1.807) is 0 Å². The summed E-state index contributed by atoms with van der Waals surface area (Å²) in [6, 6.07) is 23.3. The van der Waals surface area contributed by atoms with Crippen molar-refractivity contribution in [2.24, 2.45) is 0 Å². The molecule has 35 heavy (non-hydrogen) atoms. The molecule has 1 aromatic heterocycles. The number of benzene rings is 3. The van der Waals surface area contributed by atoms with Crippen molar-refractivity contribution in [1.29, 1.82) is 0 Å². The van der Waals surface area contributed by atoms with Gasteiger partial charge in [0.1, 0.15) is 17.3 Å². The molecule has 0 radical (unpaired) electrons. The molecule has 1 aliphatic rings. The number of hydrogen-bond donors (Lipinski definition) is 0. The van der Waals surface area contributed by atoms with Gasteiger partial charge < -0.3 is 18.9 Å². The van der Waals surface area contributed by atoms with Crippen molar-refractivity contribution < 1.29 is 14.3 Å². The standard InChI is InChI=1S/C28H28ClN3O3/c1-2-34-22-14-12-21(13-15-22)32-19-20(18-27(32)33)28-30-24-9-4-5-10-25(24)31(28)16-7-17-35-26-11-6-3-8-23(26)29/h3-6,8-15,20H,2,7,16-19H2,1H3. The van der Waals surface area contributed by atoms with Crippen molar-refractivity contribution in [2.45, 2.75) is 32.2 Å². The molecule has 0 saturated carbocycles. The fourth-order valence-electron chi connectivity index (χ4n) is 4.63. The lowest BCUT2D eigenvalue weighted by atomic mass is 10.1. The smallest absolute Gasteiger partial charge is 0.227 e. The first-order chi connectivity index (χ1) is 17.1. The van der Waals surface area contributed by atoms with Gasteiger partial charge in [-0.05, 0) is 61.9 Å². The molecule has 1 aliphatic heterocycles. The molecule has 1 amide bonds. The van der Waals surface area contributed by atoms with E-state index in [1.165, 1.54) is 0 Å². The highest BCUT2D eigenvalue weighted by Crippen LogP contribution is 2.34. The lowest BCUT2D eigenvalue weighted by Crippen LogP contribution is -2.24. The van der Waals surface area contributed by atoms with Crippen molar-refractivity contribution in [2.75, 3.05) is 24.7 Å². The summed E-state index contributed by atoms with van der Waals surface area (Å²) in [6.45, 7) is 4.46. The summed E-state index contributed by atoms with van der Waals surface area (Å²) in [5, 5.41) is 0.611. The normalized spacial score (nSPS) is 15.7. The molecule has 1 unspecified atom stereocenters. The Hall–Kier alpha value is -3.51. The second-order valence-corrected chi connectivity index (χ2v) is 8.98. The molecule has 1 fully saturated rings. The highest BCUT2D eigenvalue weighted by atomic mass is 35.5. The first kappa shape index (κ1) is 23.2.